The van der Waals surface area contributed by atoms with Gasteiger partial charge >= 0.3 is 0 Å². The average Bonchev–Trinajstić information content (AvgIpc) is 2.34. The minimum absolute atomic E-state index is 0.00583. The van der Waals surface area contributed by atoms with Gasteiger partial charge in [-0.1, -0.05) is 26.8 Å². The summed E-state index contributed by atoms with van der Waals surface area (Å²) >= 11 is 0. The fourth-order valence-electron chi connectivity index (χ4n) is 1.81. The van der Waals surface area contributed by atoms with Crippen molar-refractivity contribution in [2.75, 3.05) is 12.3 Å². The Hall–Kier alpha value is -0.940. The van der Waals surface area contributed by atoms with Gasteiger partial charge < -0.3 is 5.32 Å². The van der Waals surface area contributed by atoms with Crippen molar-refractivity contribution in [3.8, 4) is 0 Å². The average molecular weight is 287 g/mol. The molecule has 1 rings (SSSR count). The Morgan fingerprint density at radius 1 is 1.32 bits per heavy atom. The molecule has 108 valence electrons. The van der Waals surface area contributed by atoms with Crippen LogP contribution in [0.1, 0.15) is 27.2 Å². The second-order valence-corrected chi connectivity index (χ2v) is 7.08. The van der Waals surface area contributed by atoms with Crippen molar-refractivity contribution in [2.45, 2.75) is 38.1 Å². The van der Waals surface area contributed by atoms with Crippen molar-refractivity contribution >= 4 is 9.84 Å². The normalized spacial score (nSPS) is 13.7. The first-order chi connectivity index (χ1) is 8.86. The van der Waals surface area contributed by atoms with Gasteiger partial charge in [-0.3, -0.25) is 0 Å². The van der Waals surface area contributed by atoms with E-state index in [0.717, 1.165) is 19.0 Å². The predicted octanol–water partition coefficient (Wildman–Crippen LogP) is 2.62. The lowest BCUT2D eigenvalue weighted by Gasteiger charge is -2.22. The summed E-state index contributed by atoms with van der Waals surface area (Å²) in [5.74, 6) is -0.327. The molecule has 1 N–H and O–H groups in total. The van der Waals surface area contributed by atoms with E-state index in [9.17, 15) is 12.8 Å². The van der Waals surface area contributed by atoms with Crippen molar-refractivity contribution in [1.82, 2.24) is 5.32 Å². The van der Waals surface area contributed by atoms with E-state index in [1.807, 2.05) is 20.8 Å². The molecule has 0 saturated heterocycles. The van der Waals surface area contributed by atoms with Crippen molar-refractivity contribution in [1.29, 1.82) is 0 Å². The lowest BCUT2D eigenvalue weighted by atomic mass is 10.1. The Morgan fingerprint density at radius 2 is 2.00 bits per heavy atom. The minimum Gasteiger partial charge on any atom is -0.313 e. The van der Waals surface area contributed by atoms with Crippen molar-refractivity contribution in [2.24, 2.45) is 5.92 Å². The van der Waals surface area contributed by atoms with Gasteiger partial charge in [-0.05, 0) is 37.1 Å². The number of benzene rings is 1. The second-order valence-electron chi connectivity index (χ2n) is 5.04. The Labute approximate surface area is 115 Å². The van der Waals surface area contributed by atoms with Crippen molar-refractivity contribution < 1.29 is 12.8 Å². The number of rotatable bonds is 7. The van der Waals surface area contributed by atoms with E-state index < -0.39 is 15.7 Å². The Morgan fingerprint density at radius 3 is 2.53 bits per heavy atom. The van der Waals surface area contributed by atoms with E-state index in [4.69, 9.17) is 0 Å². The van der Waals surface area contributed by atoms with Crippen molar-refractivity contribution in [3.05, 3.63) is 30.1 Å². The quantitative estimate of drug-likeness (QED) is 0.838. The van der Waals surface area contributed by atoms with E-state index in [2.05, 4.69) is 5.32 Å². The molecule has 0 aliphatic rings. The second kappa shape index (κ2) is 7.01. The fraction of sp³-hybridized carbons (Fsp3) is 0.571. The highest BCUT2D eigenvalue weighted by Gasteiger charge is 2.23. The number of sulfone groups is 1. The zero-order valence-electron chi connectivity index (χ0n) is 11.7. The molecule has 1 atom stereocenters. The minimum atomic E-state index is -3.46. The molecular formula is C14H22FNO2S. The highest BCUT2D eigenvalue weighted by atomic mass is 32.2. The van der Waals surface area contributed by atoms with Gasteiger partial charge in [-0.15, -0.1) is 0 Å². The zero-order chi connectivity index (χ0) is 14.5. The summed E-state index contributed by atoms with van der Waals surface area (Å²) in [4.78, 5) is 0.0523. The van der Waals surface area contributed by atoms with Crippen LogP contribution in [0.5, 0.6) is 0 Å². The van der Waals surface area contributed by atoms with Gasteiger partial charge in [0, 0.05) is 6.04 Å². The van der Waals surface area contributed by atoms with Gasteiger partial charge in [0.1, 0.15) is 5.82 Å². The molecule has 0 amide bonds. The van der Waals surface area contributed by atoms with E-state index in [-0.39, 0.29) is 22.6 Å². The monoisotopic (exact) mass is 287 g/mol. The summed E-state index contributed by atoms with van der Waals surface area (Å²) in [6.45, 7) is 6.77. The third-order valence-electron chi connectivity index (χ3n) is 3.02. The molecule has 3 nitrogen and oxygen atoms in total. The molecule has 0 fully saturated rings. The first-order valence-corrected chi connectivity index (χ1v) is 8.23. The number of halogens is 1. The largest absolute Gasteiger partial charge is 0.313 e. The van der Waals surface area contributed by atoms with E-state index >= 15 is 0 Å². The Bertz CT molecular complexity index is 500. The Balaban J connectivity index is 2.88. The van der Waals surface area contributed by atoms with Crippen LogP contribution >= 0.6 is 0 Å². The first kappa shape index (κ1) is 16.1. The third kappa shape index (κ3) is 4.91. The molecule has 0 aliphatic carbocycles. The van der Waals surface area contributed by atoms with Crippen LogP contribution in [-0.4, -0.2) is 26.8 Å². The fourth-order valence-corrected chi connectivity index (χ4v) is 3.56. The van der Waals surface area contributed by atoms with Crippen LogP contribution in [0.3, 0.4) is 0 Å². The number of hydrogen-bond donors (Lipinski definition) is 1. The molecule has 1 aromatic rings. The highest BCUT2D eigenvalue weighted by molar-refractivity contribution is 7.91. The standard InChI is InChI=1S/C14H22FNO2S/c1-4-8-16-14(11(2)3)10-19(17,18)13-7-5-6-12(15)9-13/h5-7,9,11,14,16H,4,8,10H2,1-3H3. The summed E-state index contributed by atoms with van der Waals surface area (Å²) in [6.07, 6.45) is 0.948. The summed E-state index contributed by atoms with van der Waals surface area (Å²) in [5.41, 5.74) is 0. The van der Waals surface area contributed by atoms with Crippen LogP contribution in [-0.2, 0) is 9.84 Å². The zero-order valence-corrected chi connectivity index (χ0v) is 12.5. The van der Waals surface area contributed by atoms with Gasteiger partial charge in [0.15, 0.2) is 9.84 Å². The molecule has 0 aliphatic heterocycles. The molecule has 0 bridgehead atoms. The number of nitrogens with one attached hydrogen (secondary N) is 1. The molecule has 0 aromatic heterocycles. The molecule has 19 heavy (non-hydrogen) atoms. The lowest BCUT2D eigenvalue weighted by Crippen LogP contribution is -2.40. The van der Waals surface area contributed by atoms with Gasteiger partial charge in [0.05, 0.1) is 10.6 Å². The van der Waals surface area contributed by atoms with Crippen LogP contribution in [0.2, 0.25) is 0 Å². The summed E-state index contributed by atoms with van der Waals surface area (Å²) in [5, 5.41) is 3.24. The van der Waals surface area contributed by atoms with E-state index in [0.29, 0.717) is 0 Å². The molecule has 0 spiro atoms. The topological polar surface area (TPSA) is 46.2 Å². The van der Waals surface area contributed by atoms with Crippen LogP contribution in [0.25, 0.3) is 0 Å². The first-order valence-electron chi connectivity index (χ1n) is 6.58. The van der Waals surface area contributed by atoms with E-state index in [1.54, 1.807) is 0 Å². The maximum Gasteiger partial charge on any atom is 0.180 e. The maximum atomic E-state index is 13.1. The molecule has 5 heteroatoms. The van der Waals surface area contributed by atoms with Gasteiger partial charge in [0.25, 0.3) is 0 Å². The molecule has 0 radical (unpaired) electrons. The smallest absolute Gasteiger partial charge is 0.180 e. The van der Waals surface area contributed by atoms with Crippen molar-refractivity contribution in [3.63, 3.8) is 0 Å². The molecule has 0 heterocycles. The van der Waals surface area contributed by atoms with Crippen LogP contribution in [0.4, 0.5) is 4.39 Å². The van der Waals surface area contributed by atoms with E-state index in [1.165, 1.54) is 18.2 Å². The maximum absolute atomic E-state index is 13.1. The van der Waals surface area contributed by atoms with Gasteiger partial charge in [-0.2, -0.15) is 0 Å². The third-order valence-corrected chi connectivity index (χ3v) is 4.79. The lowest BCUT2D eigenvalue weighted by molar-refractivity contribution is 0.426. The van der Waals surface area contributed by atoms with Crippen LogP contribution in [0, 0.1) is 11.7 Å². The van der Waals surface area contributed by atoms with Gasteiger partial charge in [-0.25, -0.2) is 12.8 Å². The molecular weight excluding hydrogens is 265 g/mol. The summed E-state index contributed by atoms with van der Waals surface area (Å²) in [6, 6.07) is 5.07. The van der Waals surface area contributed by atoms with Crippen LogP contribution < -0.4 is 5.32 Å². The van der Waals surface area contributed by atoms with Gasteiger partial charge in [0.2, 0.25) is 0 Å². The summed E-state index contributed by atoms with van der Waals surface area (Å²) in [7, 11) is -3.46. The number of hydrogen-bond acceptors (Lipinski definition) is 3. The highest BCUT2D eigenvalue weighted by Crippen LogP contribution is 2.16. The SMILES string of the molecule is CCCNC(CS(=O)(=O)c1cccc(F)c1)C(C)C. The molecule has 0 saturated carbocycles. The summed E-state index contributed by atoms with van der Waals surface area (Å²) < 4.78 is 37.6. The predicted molar refractivity (Wildman–Crippen MR) is 75.4 cm³/mol. The Kier molecular flexibility index (Phi) is 5.94. The van der Waals surface area contributed by atoms with Crippen LogP contribution in [0.15, 0.2) is 29.2 Å². The molecule has 1 aromatic carbocycles. The molecule has 1 unspecified atom stereocenters.